The third kappa shape index (κ3) is 10.9. The maximum Gasteiger partial charge on any atom is 0.330 e. The van der Waals surface area contributed by atoms with Crippen LogP contribution in [0.25, 0.3) is 0 Å². The fourth-order valence-electron chi connectivity index (χ4n) is 2.04. The number of carbonyl (C=O) groups excluding carboxylic acids is 1. The molecule has 0 N–H and O–H groups in total. The predicted octanol–water partition coefficient (Wildman–Crippen LogP) is 5.16. The fraction of sp³-hybridized carbons (Fsp3) is 0.318. The molecule has 3 nitrogen and oxygen atoms in total. The molecule has 0 heterocycles. The minimum atomic E-state index is -0.336. The molecular formula is C22H28O3. The Morgan fingerprint density at radius 2 is 1.84 bits per heavy atom. The molecule has 0 aliphatic carbocycles. The predicted molar refractivity (Wildman–Crippen MR) is 103 cm³/mol. The molecule has 0 fully saturated rings. The molecule has 0 spiro atoms. The van der Waals surface area contributed by atoms with Gasteiger partial charge in [0.05, 0.1) is 13.7 Å². The summed E-state index contributed by atoms with van der Waals surface area (Å²) in [4.78, 5) is 11.1. The van der Waals surface area contributed by atoms with E-state index in [9.17, 15) is 4.79 Å². The second-order valence-corrected chi connectivity index (χ2v) is 5.76. The second-order valence-electron chi connectivity index (χ2n) is 5.76. The normalized spacial score (nSPS) is 12.9. The summed E-state index contributed by atoms with van der Waals surface area (Å²) in [6.45, 7) is 5.35. The van der Waals surface area contributed by atoms with Gasteiger partial charge in [-0.2, -0.15) is 0 Å². The largest absolute Gasteiger partial charge is 0.466 e. The molecule has 0 amide bonds. The SMILES string of the molecule is COC(=O)\C=C(C)/C=C/C=C(C)/C=C/CCCOCc1ccccc1. The van der Waals surface area contributed by atoms with Crippen molar-refractivity contribution in [2.24, 2.45) is 0 Å². The third-order valence-corrected chi connectivity index (χ3v) is 3.42. The highest BCUT2D eigenvalue weighted by Gasteiger charge is 1.92. The molecule has 0 aliphatic rings. The van der Waals surface area contributed by atoms with Crippen LogP contribution >= 0.6 is 0 Å². The van der Waals surface area contributed by atoms with Crippen LogP contribution < -0.4 is 0 Å². The van der Waals surface area contributed by atoms with Gasteiger partial charge in [-0.1, -0.05) is 66.3 Å². The number of allylic oxidation sites excluding steroid dienone is 7. The highest BCUT2D eigenvalue weighted by molar-refractivity contribution is 5.83. The minimum Gasteiger partial charge on any atom is -0.466 e. The molecule has 1 rings (SSSR count). The number of carbonyl (C=O) groups is 1. The van der Waals surface area contributed by atoms with Crippen LogP contribution in [-0.2, 0) is 20.9 Å². The van der Waals surface area contributed by atoms with E-state index in [4.69, 9.17) is 4.74 Å². The first-order valence-electron chi connectivity index (χ1n) is 8.51. The first-order chi connectivity index (χ1) is 12.1. The van der Waals surface area contributed by atoms with Gasteiger partial charge in [0.1, 0.15) is 0 Å². The monoisotopic (exact) mass is 340 g/mol. The summed E-state index contributed by atoms with van der Waals surface area (Å²) in [5, 5.41) is 0. The molecule has 0 radical (unpaired) electrons. The Morgan fingerprint density at radius 3 is 2.56 bits per heavy atom. The van der Waals surface area contributed by atoms with Crippen molar-refractivity contribution < 1.29 is 14.3 Å². The number of benzene rings is 1. The maximum atomic E-state index is 11.1. The Bertz CT molecular complexity index is 622. The molecule has 1 aromatic carbocycles. The van der Waals surface area contributed by atoms with Gasteiger partial charge in [0.25, 0.3) is 0 Å². The number of hydrogen-bond acceptors (Lipinski definition) is 3. The molecular weight excluding hydrogens is 312 g/mol. The van der Waals surface area contributed by atoms with Crippen LogP contribution in [-0.4, -0.2) is 19.7 Å². The van der Waals surface area contributed by atoms with Crippen molar-refractivity contribution in [2.75, 3.05) is 13.7 Å². The van der Waals surface area contributed by atoms with Crippen LogP contribution in [0.1, 0.15) is 32.3 Å². The Hall–Kier alpha value is -2.39. The Balaban J connectivity index is 2.20. The molecule has 0 atom stereocenters. The lowest BCUT2D eigenvalue weighted by molar-refractivity contribution is -0.134. The topological polar surface area (TPSA) is 35.5 Å². The van der Waals surface area contributed by atoms with Gasteiger partial charge in [0.15, 0.2) is 0 Å². The van der Waals surface area contributed by atoms with Crippen LogP contribution in [0.5, 0.6) is 0 Å². The van der Waals surface area contributed by atoms with Gasteiger partial charge in [0, 0.05) is 12.7 Å². The van der Waals surface area contributed by atoms with Crippen LogP contribution in [0.15, 0.2) is 77.9 Å². The summed E-state index contributed by atoms with van der Waals surface area (Å²) in [5.74, 6) is -0.336. The second kappa shape index (κ2) is 13.0. The van der Waals surface area contributed by atoms with Crippen molar-refractivity contribution in [2.45, 2.75) is 33.3 Å². The van der Waals surface area contributed by atoms with Crippen molar-refractivity contribution in [3.05, 3.63) is 83.5 Å². The van der Waals surface area contributed by atoms with Gasteiger partial charge in [-0.05, 0) is 37.8 Å². The molecule has 0 aromatic heterocycles. The van der Waals surface area contributed by atoms with Crippen LogP contribution in [0, 0.1) is 0 Å². The maximum absolute atomic E-state index is 11.1. The number of esters is 1. The highest BCUT2D eigenvalue weighted by atomic mass is 16.5. The van der Waals surface area contributed by atoms with Gasteiger partial charge >= 0.3 is 5.97 Å². The highest BCUT2D eigenvalue weighted by Crippen LogP contribution is 2.04. The fourth-order valence-corrected chi connectivity index (χ4v) is 2.04. The van der Waals surface area contributed by atoms with E-state index in [2.05, 4.69) is 29.0 Å². The van der Waals surface area contributed by atoms with Gasteiger partial charge in [-0.15, -0.1) is 0 Å². The average molecular weight is 340 g/mol. The van der Waals surface area contributed by atoms with E-state index >= 15 is 0 Å². The minimum absolute atomic E-state index is 0.336. The van der Waals surface area contributed by atoms with E-state index in [1.165, 1.54) is 18.7 Å². The van der Waals surface area contributed by atoms with E-state index in [0.717, 1.165) is 30.6 Å². The number of ether oxygens (including phenoxy) is 2. The smallest absolute Gasteiger partial charge is 0.330 e. The molecule has 0 aliphatic heterocycles. The zero-order valence-electron chi connectivity index (χ0n) is 15.4. The number of hydrogen-bond donors (Lipinski definition) is 0. The summed E-state index contributed by atoms with van der Waals surface area (Å²) < 4.78 is 10.2. The van der Waals surface area contributed by atoms with E-state index < -0.39 is 0 Å². The molecule has 0 saturated heterocycles. The van der Waals surface area contributed by atoms with Gasteiger partial charge in [-0.3, -0.25) is 0 Å². The molecule has 1 aromatic rings. The Kier molecular flexibility index (Phi) is 10.7. The molecule has 0 unspecified atom stereocenters. The van der Waals surface area contributed by atoms with Crippen molar-refractivity contribution in [3.8, 4) is 0 Å². The standard InChI is InChI=1S/C22H28O3/c1-19(12-10-13-20(2)17-22(23)24-3)11-6-5-9-16-25-18-21-14-7-4-8-15-21/h4,6-8,10-15,17H,5,9,16,18H2,1-3H3/b11-6+,13-10+,19-12+,20-17-. The molecule has 0 saturated carbocycles. The van der Waals surface area contributed by atoms with E-state index in [1.54, 1.807) is 0 Å². The summed E-state index contributed by atoms with van der Waals surface area (Å²) in [6.07, 6.45) is 13.5. The summed E-state index contributed by atoms with van der Waals surface area (Å²) in [7, 11) is 1.37. The summed E-state index contributed by atoms with van der Waals surface area (Å²) in [5.41, 5.74) is 3.22. The van der Waals surface area contributed by atoms with Crippen molar-refractivity contribution in [3.63, 3.8) is 0 Å². The van der Waals surface area contributed by atoms with Crippen LogP contribution in [0.4, 0.5) is 0 Å². The lowest BCUT2D eigenvalue weighted by Gasteiger charge is -2.02. The summed E-state index contributed by atoms with van der Waals surface area (Å²) >= 11 is 0. The first-order valence-corrected chi connectivity index (χ1v) is 8.51. The lowest BCUT2D eigenvalue weighted by Crippen LogP contribution is -1.94. The Morgan fingerprint density at radius 1 is 1.08 bits per heavy atom. The van der Waals surface area contributed by atoms with Crippen LogP contribution in [0.2, 0.25) is 0 Å². The van der Waals surface area contributed by atoms with Crippen molar-refractivity contribution in [1.29, 1.82) is 0 Å². The molecule has 3 heteroatoms. The van der Waals surface area contributed by atoms with Crippen LogP contribution in [0.3, 0.4) is 0 Å². The first kappa shape index (κ1) is 20.7. The Labute approximate surface area is 151 Å². The average Bonchev–Trinajstić information content (AvgIpc) is 2.61. The third-order valence-electron chi connectivity index (χ3n) is 3.42. The van der Waals surface area contributed by atoms with E-state index in [-0.39, 0.29) is 5.97 Å². The summed E-state index contributed by atoms with van der Waals surface area (Å²) in [6, 6.07) is 10.2. The molecule has 25 heavy (non-hydrogen) atoms. The number of unbranched alkanes of at least 4 members (excludes halogenated alkanes) is 1. The number of rotatable bonds is 10. The van der Waals surface area contributed by atoms with Crippen molar-refractivity contribution in [1.82, 2.24) is 0 Å². The zero-order valence-corrected chi connectivity index (χ0v) is 15.4. The number of methoxy groups -OCH3 is 1. The zero-order chi connectivity index (χ0) is 18.3. The molecule has 0 bridgehead atoms. The van der Waals surface area contributed by atoms with Gasteiger partial charge in [-0.25, -0.2) is 4.79 Å². The van der Waals surface area contributed by atoms with E-state index in [0.29, 0.717) is 6.61 Å². The molecule has 134 valence electrons. The van der Waals surface area contributed by atoms with Gasteiger partial charge in [0.2, 0.25) is 0 Å². The van der Waals surface area contributed by atoms with Crippen molar-refractivity contribution >= 4 is 5.97 Å². The quantitative estimate of drug-likeness (QED) is 0.255. The van der Waals surface area contributed by atoms with Gasteiger partial charge < -0.3 is 9.47 Å². The van der Waals surface area contributed by atoms with E-state index in [1.807, 2.05) is 50.3 Å². The lowest BCUT2D eigenvalue weighted by atomic mass is 10.2.